The minimum Gasteiger partial charge on any atom is -0.274 e. The highest BCUT2D eigenvalue weighted by molar-refractivity contribution is 6.23. The number of nitrogens with zero attached hydrogens (tertiary/aromatic N) is 2. The molecule has 1 heterocycles. The zero-order valence-corrected chi connectivity index (χ0v) is 17.3. The summed E-state index contributed by atoms with van der Waals surface area (Å²) in [7, 11) is 0. The fourth-order valence-corrected chi connectivity index (χ4v) is 6.12. The Kier molecular flexibility index (Phi) is 3.95. The Hall–Kier alpha value is -4.01. The van der Waals surface area contributed by atoms with E-state index in [1.165, 1.54) is 6.07 Å². The van der Waals surface area contributed by atoms with Crippen LogP contribution in [-0.4, -0.2) is 16.7 Å². The Morgan fingerprint density at radius 3 is 2.00 bits per heavy atom. The molecule has 170 valence electrons. The lowest BCUT2D eigenvalue weighted by Crippen LogP contribution is -2.57. The Balaban J connectivity index is 1.62. The minimum atomic E-state index is -4.68. The Bertz CT molecular complexity index is 1370. The van der Waals surface area contributed by atoms with Gasteiger partial charge in [0.1, 0.15) is 5.92 Å². The van der Waals surface area contributed by atoms with Crippen LogP contribution in [0.25, 0.3) is 0 Å². The van der Waals surface area contributed by atoms with Crippen molar-refractivity contribution in [2.75, 3.05) is 4.90 Å². The average Bonchev–Trinajstić information content (AvgIpc) is 3.09. The van der Waals surface area contributed by atoms with Gasteiger partial charge in [-0.05, 0) is 29.3 Å². The average molecular weight is 464 g/mol. The normalized spacial score (nSPS) is 26.8. The van der Waals surface area contributed by atoms with Gasteiger partial charge in [-0.1, -0.05) is 54.6 Å². The van der Waals surface area contributed by atoms with E-state index in [-0.39, 0.29) is 5.69 Å². The summed E-state index contributed by atoms with van der Waals surface area (Å²) in [6.45, 7) is 0. The quantitative estimate of drug-likeness (QED) is 0.318. The standard InChI is InChI=1S/C25H15F3N2O4/c26-25(27,28)13-6-5-7-14(12-13)29-22(31)20-19-15-8-1-3-10-17(15)24(30(33)34,21(20)23(29)32)18-11-4-2-9-16(18)19/h1-12,19-21H/t19?,20-,21-,24?/m0/s1. The van der Waals surface area contributed by atoms with Crippen molar-refractivity contribution in [1.29, 1.82) is 0 Å². The van der Waals surface area contributed by atoms with Gasteiger partial charge in [-0.25, -0.2) is 4.90 Å². The number of hydrogen-bond donors (Lipinski definition) is 0. The molecule has 2 bridgehead atoms. The molecule has 6 nitrogen and oxygen atoms in total. The van der Waals surface area contributed by atoms with Crippen LogP contribution in [0, 0.1) is 22.0 Å². The fourth-order valence-electron chi connectivity index (χ4n) is 6.12. The summed E-state index contributed by atoms with van der Waals surface area (Å²) in [5.41, 5.74) is -1.41. The zero-order valence-electron chi connectivity index (χ0n) is 17.3. The van der Waals surface area contributed by atoms with Gasteiger partial charge in [-0.2, -0.15) is 13.2 Å². The maximum Gasteiger partial charge on any atom is 0.416 e. The maximum atomic E-state index is 13.8. The molecule has 0 saturated carbocycles. The van der Waals surface area contributed by atoms with E-state index in [0.29, 0.717) is 27.2 Å². The van der Waals surface area contributed by atoms with E-state index in [9.17, 15) is 32.9 Å². The van der Waals surface area contributed by atoms with Gasteiger partial charge in [-0.15, -0.1) is 0 Å². The zero-order chi connectivity index (χ0) is 24.0. The molecule has 0 aromatic heterocycles. The first-order valence-corrected chi connectivity index (χ1v) is 10.6. The number of alkyl halides is 3. The molecule has 4 aliphatic rings. The van der Waals surface area contributed by atoms with Crippen LogP contribution in [-0.2, 0) is 21.3 Å². The summed E-state index contributed by atoms with van der Waals surface area (Å²) in [5, 5.41) is 12.9. The highest BCUT2D eigenvalue weighted by Crippen LogP contribution is 2.64. The number of amides is 2. The van der Waals surface area contributed by atoms with E-state index in [1.807, 2.05) is 0 Å². The molecular weight excluding hydrogens is 449 g/mol. The summed E-state index contributed by atoms with van der Waals surface area (Å²) in [6, 6.07) is 17.3. The number of carbonyl (C=O) groups is 2. The second-order valence-corrected chi connectivity index (χ2v) is 8.74. The van der Waals surface area contributed by atoms with Crippen molar-refractivity contribution in [3.05, 3.63) is 111 Å². The van der Waals surface area contributed by atoms with Crippen molar-refractivity contribution >= 4 is 17.5 Å². The van der Waals surface area contributed by atoms with Crippen LogP contribution in [0.15, 0.2) is 72.8 Å². The van der Waals surface area contributed by atoms with Gasteiger partial charge in [-0.3, -0.25) is 19.7 Å². The van der Waals surface area contributed by atoms with Crippen molar-refractivity contribution in [2.45, 2.75) is 17.6 Å². The van der Waals surface area contributed by atoms with E-state index < -0.39 is 51.8 Å². The van der Waals surface area contributed by atoms with E-state index in [1.54, 1.807) is 48.5 Å². The highest BCUT2D eigenvalue weighted by atomic mass is 19.4. The summed E-state index contributed by atoms with van der Waals surface area (Å²) >= 11 is 0. The molecule has 34 heavy (non-hydrogen) atoms. The van der Waals surface area contributed by atoms with E-state index in [4.69, 9.17) is 0 Å². The van der Waals surface area contributed by atoms with Gasteiger partial charge in [0.2, 0.25) is 11.8 Å². The third-order valence-electron chi connectivity index (χ3n) is 7.29. The topological polar surface area (TPSA) is 80.5 Å². The van der Waals surface area contributed by atoms with Gasteiger partial charge in [0, 0.05) is 22.0 Å². The lowest BCUT2D eigenvalue weighted by Gasteiger charge is -2.48. The van der Waals surface area contributed by atoms with E-state index in [2.05, 4.69) is 0 Å². The first-order valence-electron chi connectivity index (χ1n) is 10.6. The van der Waals surface area contributed by atoms with Gasteiger partial charge in [0.25, 0.3) is 5.54 Å². The van der Waals surface area contributed by atoms with Gasteiger partial charge in [0.15, 0.2) is 0 Å². The molecule has 0 radical (unpaired) electrons. The first-order chi connectivity index (χ1) is 16.2. The van der Waals surface area contributed by atoms with Gasteiger partial charge >= 0.3 is 6.18 Å². The predicted octanol–water partition coefficient (Wildman–Crippen LogP) is 4.49. The molecule has 3 aromatic rings. The molecule has 0 spiro atoms. The smallest absolute Gasteiger partial charge is 0.274 e. The van der Waals surface area contributed by atoms with E-state index in [0.717, 1.165) is 18.2 Å². The van der Waals surface area contributed by atoms with Crippen LogP contribution in [0.5, 0.6) is 0 Å². The second kappa shape index (κ2) is 6.53. The molecule has 3 aromatic carbocycles. The molecule has 0 unspecified atom stereocenters. The summed E-state index contributed by atoms with van der Waals surface area (Å²) in [4.78, 5) is 40.5. The van der Waals surface area contributed by atoms with Crippen LogP contribution in [0.1, 0.15) is 33.7 Å². The monoisotopic (exact) mass is 464 g/mol. The third kappa shape index (κ3) is 2.31. The Labute approximate surface area is 190 Å². The van der Waals surface area contributed by atoms with Crippen molar-refractivity contribution < 1.29 is 27.7 Å². The first kappa shape index (κ1) is 20.6. The molecule has 7 rings (SSSR count). The largest absolute Gasteiger partial charge is 0.416 e. The minimum absolute atomic E-state index is 0.245. The molecule has 0 N–H and O–H groups in total. The number of nitro groups is 1. The van der Waals surface area contributed by atoms with Crippen molar-refractivity contribution in [1.82, 2.24) is 0 Å². The van der Waals surface area contributed by atoms with Crippen LogP contribution in [0.2, 0.25) is 0 Å². The number of benzene rings is 3. The molecule has 2 atom stereocenters. The van der Waals surface area contributed by atoms with Crippen LogP contribution < -0.4 is 4.90 Å². The van der Waals surface area contributed by atoms with Gasteiger partial charge < -0.3 is 0 Å². The van der Waals surface area contributed by atoms with Crippen LogP contribution >= 0.6 is 0 Å². The highest BCUT2D eigenvalue weighted by Gasteiger charge is 2.74. The maximum absolute atomic E-state index is 13.8. The lowest BCUT2D eigenvalue weighted by molar-refractivity contribution is -0.578. The Morgan fingerprint density at radius 2 is 1.44 bits per heavy atom. The molecule has 9 heteroatoms. The summed E-state index contributed by atoms with van der Waals surface area (Å²) < 4.78 is 40.0. The number of carbonyl (C=O) groups excluding carboxylic acids is 2. The third-order valence-corrected chi connectivity index (χ3v) is 7.29. The van der Waals surface area contributed by atoms with Crippen molar-refractivity contribution in [3.63, 3.8) is 0 Å². The van der Waals surface area contributed by atoms with Crippen LogP contribution in [0.3, 0.4) is 0 Å². The number of rotatable bonds is 2. The molecule has 3 aliphatic carbocycles. The molecule has 1 saturated heterocycles. The molecule has 1 aliphatic heterocycles. The number of halogens is 3. The van der Waals surface area contributed by atoms with Crippen molar-refractivity contribution in [3.8, 4) is 0 Å². The number of anilines is 1. The number of imide groups is 1. The summed E-state index contributed by atoms with van der Waals surface area (Å²) in [6.07, 6.45) is -4.68. The second-order valence-electron chi connectivity index (χ2n) is 8.74. The summed E-state index contributed by atoms with van der Waals surface area (Å²) in [5.74, 6) is -4.68. The van der Waals surface area contributed by atoms with Crippen LogP contribution in [0.4, 0.5) is 18.9 Å². The fraction of sp³-hybridized carbons (Fsp3) is 0.200. The predicted molar refractivity (Wildman–Crippen MR) is 113 cm³/mol. The van der Waals surface area contributed by atoms with Crippen molar-refractivity contribution in [2.24, 2.45) is 11.8 Å². The Morgan fingerprint density at radius 1 is 0.853 bits per heavy atom. The van der Waals surface area contributed by atoms with Gasteiger partial charge in [0.05, 0.1) is 17.2 Å². The molecule has 2 amide bonds. The number of hydrogen-bond acceptors (Lipinski definition) is 4. The molecular formula is C25H15F3N2O4. The lowest BCUT2D eigenvalue weighted by atomic mass is 9.51. The van der Waals surface area contributed by atoms with E-state index >= 15 is 0 Å². The molecule has 1 fully saturated rings. The SMILES string of the molecule is O=C1[C@@H]2[C@@H](C(=O)N1c1cccc(C(F)(F)F)c1)C1c3ccccc3C2([N+](=O)[O-])c2ccccc21.